The number of amides is 1. The molecule has 0 atom stereocenters. The first kappa shape index (κ1) is 26.0. The topological polar surface area (TPSA) is 82.3 Å². The van der Waals surface area contributed by atoms with E-state index in [0.29, 0.717) is 16.9 Å². The van der Waals surface area contributed by atoms with Gasteiger partial charge in [-0.25, -0.2) is 9.48 Å². The Morgan fingerprint density at radius 1 is 0.914 bits per heavy atom. The highest BCUT2D eigenvalue weighted by Crippen LogP contribution is 2.30. The molecule has 0 aliphatic carbocycles. The van der Waals surface area contributed by atoms with Gasteiger partial charge in [0.05, 0.1) is 16.9 Å². The van der Waals surface area contributed by atoms with Gasteiger partial charge in [0.1, 0.15) is 5.69 Å². The maximum Gasteiger partial charge on any atom is 0.338 e. The molecule has 3 rings (SSSR count). The van der Waals surface area contributed by atoms with E-state index >= 15 is 0 Å². The maximum atomic E-state index is 13.0. The van der Waals surface area contributed by atoms with Crippen LogP contribution in [-0.4, -0.2) is 27.8 Å². The molecule has 0 aliphatic rings. The monoisotopic (exact) mass is 477 g/mol. The van der Waals surface area contributed by atoms with Crippen molar-refractivity contribution in [1.82, 2.24) is 9.36 Å². The molecule has 0 aliphatic heterocycles. The predicted molar refractivity (Wildman–Crippen MR) is 139 cm³/mol. The Balaban J connectivity index is 1.78. The van der Waals surface area contributed by atoms with E-state index in [-0.39, 0.29) is 22.1 Å². The van der Waals surface area contributed by atoms with Crippen LogP contribution in [0.4, 0.5) is 5.69 Å². The van der Waals surface area contributed by atoms with Crippen LogP contribution in [0.1, 0.15) is 68.7 Å². The van der Waals surface area contributed by atoms with Crippen LogP contribution in [0.2, 0.25) is 0 Å². The third kappa shape index (κ3) is 5.73. The second-order valence-electron chi connectivity index (χ2n) is 10.9. The van der Waals surface area contributed by atoms with Gasteiger partial charge in [-0.2, -0.15) is 0 Å². The SMILES string of the molecule is Cc1c(NC(=O)COC(=O)c2cc(C(C)(C)C)cc(C(C)(C)C)c2)c(=O)n(-c2ccccc2)n1C. The van der Waals surface area contributed by atoms with Crippen molar-refractivity contribution in [2.24, 2.45) is 7.05 Å². The summed E-state index contributed by atoms with van der Waals surface area (Å²) in [5, 5.41) is 2.62. The molecule has 0 radical (unpaired) electrons. The van der Waals surface area contributed by atoms with Crippen LogP contribution >= 0.6 is 0 Å². The molecule has 0 spiro atoms. The molecule has 3 aromatic rings. The predicted octanol–water partition coefficient (Wildman–Crippen LogP) is 4.87. The summed E-state index contributed by atoms with van der Waals surface area (Å²) in [6.45, 7) is 13.8. The summed E-state index contributed by atoms with van der Waals surface area (Å²) < 4.78 is 8.48. The van der Waals surface area contributed by atoms with Crippen LogP contribution in [0.5, 0.6) is 0 Å². The second kappa shape index (κ2) is 9.56. The summed E-state index contributed by atoms with van der Waals surface area (Å²) in [7, 11) is 1.74. The number of benzene rings is 2. The molecule has 0 saturated carbocycles. The van der Waals surface area contributed by atoms with Gasteiger partial charge in [-0.3, -0.25) is 14.3 Å². The Hall–Kier alpha value is -3.61. The highest BCUT2D eigenvalue weighted by atomic mass is 16.5. The molecule has 7 nitrogen and oxygen atoms in total. The number of hydrogen-bond acceptors (Lipinski definition) is 4. The van der Waals surface area contributed by atoms with Crippen LogP contribution in [0, 0.1) is 6.92 Å². The summed E-state index contributed by atoms with van der Waals surface area (Å²) in [6.07, 6.45) is 0. The zero-order chi connectivity index (χ0) is 26.1. The van der Waals surface area contributed by atoms with Gasteiger partial charge in [0.2, 0.25) is 0 Å². The molecular weight excluding hydrogens is 442 g/mol. The van der Waals surface area contributed by atoms with E-state index in [9.17, 15) is 14.4 Å². The molecule has 35 heavy (non-hydrogen) atoms. The number of para-hydroxylation sites is 1. The second-order valence-corrected chi connectivity index (χ2v) is 10.9. The Bertz CT molecular complexity index is 1270. The van der Waals surface area contributed by atoms with Crippen LogP contribution < -0.4 is 10.9 Å². The van der Waals surface area contributed by atoms with Crippen molar-refractivity contribution in [3.63, 3.8) is 0 Å². The zero-order valence-corrected chi connectivity index (χ0v) is 21.9. The highest BCUT2D eigenvalue weighted by molar-refractivity contribution is 5.96. The first-order valence-corrected chi connectivity index (χ1v) is 11.7. The van der Waals surface area contributed by atoms with Crippen molar-refractivity contribution in [1.29, 1.82) is 0 Å². The largest absolute Gasteiger partial charge is 0.452 e. The van der Waals surface area contributed by atoms with Gasteiger partial charge in [-0.05, 0) is 53.1 Å². The first-order chi connectivity index (χ1) is 16.2. The summed E-state index contributed by atoms with van der Waals surface area (Å²) in [4.78, 5) is 38.5. The number of aromatic nitrogens is 2. The molecule has 1 N–H and O–H groups in total. The fourth-order valence-corrected chi connectivity index (χ4v) is 3.71. The Morgan fingerprint density at radius 3 is 1.97 bits per heavy atom. The van der Waals surface area contributed by atoms with Crippen molar-refractivity contribution < 1.29 is 14.3 Å². The van der Waals surface area contributed by atoms with Crippen molar-refractivity contribution in [2.75, 3.05) is 11.9 Å². The van der Waals surface area contributed by atoms with Gasteiger partial charge in [0.15, 0.2) is 6.61 Å². The van der Waals surface area contributed by atoms with Crippen LogP contribution in [-0.2, 0) is 27.4 Å². The lowest BCUT2D eigenvalue weighted by molar-refractivity contribution is -0.119. The first-order valence-electron chi connectivity index (χ1n) is 11.7. The van der Waals surface area contributed by atoms with Crippen molar-refractivity contribution >= 4 is 17.6 Å². The summed E-state index contributed by atoms with van der Waals surface area (Å²) in [5.74, 6) is -1.16. The highest BCUT2D eigenvalue weighted by Gasteiger charge is 2.24. The van der Waals surface area contributed by atoms with Gasteiger partial charge >= 0.3 is 5.97 Å². The van der Waals surface area contributed by atoms with E-state index in [1.54, 1.807) is 18.7 Å². The molecule has 186 valence electrons. The molecule has 1 heterocycles. The molecular formula is C28H35N3O4. The molecule has 1 aromatic heterocycles. The Morgan fingerprint density at radius 2 is 1.46 bits per heavy atom. The Labute approximate surface area is 206 Å². The quantitative estimate of drug-likeness (QED) is 0.531. The average molecular weight is 478 g/mol. The molecule has 0 fully saturated rings. The number of esters is 1. The zero-order valence-electron chi connectivity index (χ0n) is 21.9. The van der Waals surface area contributed by atoms with Gasteiger partial charge in [0, 0.05) is 7.05 Å². The standard InChI is InChI=1S/C28H35N3O4/c1-18-24(25(33)31(30(18)8)22-12-10-9-11-13-22)29-23(32)17-35-26(34)19-14-20(27(2,3)4)16-21(15-19)28(5,6)7/h9-16H,17H2,1-8H3,(H,29,32). The lowest BCUT2D eigenvalue weighted by atomic mass is 9.79. The van der Waals surface area contributed by atoms with E-state index < -0.39 is 18.5 Å². The minimum Gasteiger partial charge on any atom is -0.452 e. The minimum atomic E-state index is -0.580. The number of anilines is 1. The van der Waals surface area contributed by atoms with E-state index in [2.05, 4.69) is 52.9 Å². The van der Waals surface area contributed by atoms with E-state index in [0.717, 1.165) is 11.1 Å². The fourth-order valence-electron chi connectivity index (χ4n) is 3.71. The van der Waals surface area contributed by atoms with Gasteiger partial charge in [-0.15, -0.1) is 0 Å². The number of ether oxygens (including phenoxy) is 1. The third-order valence-electron chi connectivity index (χ3n) is 6.05. The normalized spacial score (nSPS) is 11.9. The van der Waals surface area contributed by atoms with Crippen LogP contribution in [0.3, 0.4) is 0 Å². The summed E-state index contributed by atoms with van der Waals surface area (Å²) in [6, 6.07) is 14.9. The van der Waals surface area contributed by atoms with Crippen molar-refractivity contribution in [3.05, 3.63) is 81.3 Å². The molecule has 7 heteroatoms. The number of carbonyl (C=O) groups excluding carboxylic acids is 2. The summed E-state index contributed by atoms with van der Waals surface area (Å²) in [5.41, 5.74) is 3.19. The van der Waals surface area contributed by atoms with Crippen LogP contribution in [0.25, 0.3) is 5.69 Å². The number of hydrogen-bond donors (Lipinski definition) is 1. The maximum absolute atomic E-state index is 13.0. The molecule has 0 unspecified atom stereocenters. The summed E-state index contributed by atoms with van der Waals surface area (Å²) >= 11 is 0. The van der Waals surface area contributed by atoms with Crippen LogP contribution in [0.15, 0.2) is 53.3 Å². The van der Waals surface area contributed by atoms with E-state index in [4.69, 9.17) is 4.74 Å². The van der Waals surface area contributed by atoms with Crippen molar-refractivity contribution in [2.45, 2.75) is 59.3 Å². The van der Waals surface area contributed by atoms with Gasteiger partial charge in [0.25, 0.3) is 11.5 Å². The molecule has 1 amide bonds. The minimum absolute atomic E-state index is 0.155. The molecule has 2 aromatic carbocycles. The molecule has 0 bridgehead atoms. The smallest absolute Gasteiger partial charge is 0.338 e. The van der Waals surface area contributed by atoms with Crippen molar-refractivity contribution in [3.8, 4) is 5.69 Å². The van der Waals surface area contributed by atoms with E-state index in [1.165, 1.54) is 4.68 Å². The lowest BCUT2D eigenvalue weighted by Gasteiger charge is -2.25. The fraction of sp³-hybridized carbons (Fsp3) is 0.393. The number of nitrogens with one attached hydrogen (secondary N) is 1. The van der Waals surface area contributed by atoms with E-state index in [1.807, 2.05) is 42.5 Å². The number of rotatable bonds is 5. The number of carbonyl (C=O) groups is 2. The third-order valence-corrected chi connectivity index (χ3v) is 6.05. The Kier molecular flexibility index (Phi) is 7.11. The molecule has 0 saturated heterocycles. The van der Waals surface area contributed by atoms with Gasteiger partial charge < -0.3 is 10.1 Å². The number of nitrogens with zero attached hydrogens (tertiary/aromatic N) is 2. The lowest BCUT2D eigenvalue weighted by Crippen LogP contribution is -2.26. The van der Waals surface area contributed by atoms with Gasteiger partial charge in [-0.1, -0.05) is 65.8 Å². The average Bonchev–Trinajstić information content (AvgIpc) is 2.99.